The molecule has 0 radical (unpaired) electrons. The molecule has 0 amide bonds. The van der Waals surface area contributed by atoms with Crippen molar-refractivity contribution in [3.8, 4) is 11.8 Å². The number of rotatable bonds is 2. The normalized spacial score (nSPS) is 19.6. The minimum Gasteiger partial charge on any atom is -0.472 e. The lowest BCUT2D eigenvalue weighted by Gasteiger charge is -2.29. The molecule has 1 aliphatic rings. The summed E-state index contributed by atoms with van der Waals surface area (Å²) in [5.41, 5.74) is 0. The topological polar surface area (TPSA) is 74.7 Å². The zero-order chi connectivity index (χ0) is 15.5. The molecule has 112 valence electrons. The molecule has 2 rings (SSSR count). The average Bonchev–Trinajstić information content (AvgIpc) is 2.45. The van der Waals surface area contributed by atoms with E-state index in [1.54, 1.807) is 0 Å². The van der Waals surface area contributed by atoms with Crippen molar-refractivity contribution < 1.29 is 22.7 Å². The molecule has 1 unspecified atom stereocenters. The van der Waals surface area contributed by atoms with Gasteiger partial charge in [-0.05, 0) is 31.0 Å². The van der Waals surface area contributed by atoms with E-state index in [0.29, 0.717) is 19.4 Å². The lowest BCUT2D eigenvalue weighted by molar-refractivity contribution is -0.130. The second-order valence-corrected chi connectivity index (χ2v) is 6.67. The molecule has 1 fully saturated rings. The molecule has 1 saturated heterocycles. The molecule has 5 nitrogen and oxygen atoms in total. The first-order valence-corrected chi connectivity index (χ1v) is 7.84. The monoisotopic (exact) mass is 311 g/mol. The molecule has 21 heavy (non-hydrogen) atoms. The van der Waals surface area contributed by atoms with Crippen molar-refractivity contribution in [1.82, 2.24) is 4.31 Å². The molecule has 0 saturated carbocycles. The van der Waals surface area contributed by atoms with Gasteiger partial charge in [-0.15, -0.1) is 0 Å². The molecule has 1 aliphatic heterocycles. The van der Waals surface area contributed by atoms with Crippen molar-refractivity contribution in [1.29, 1.82) is 0 Å². The summed E-state index contributed by atoms with van der Waals surface area (Å²) in [7, 11) is -3.78. The van der Waals surface area contributed by atoms with Gasteiger partial charge in [-0.1, -0.05) is 12.0 Å². The lowest BCUT2D eigenvalue weighted by Crippen LogP contribution is -2.39. The van der Waals surface area contributed by atoms with E-state index in [4.69, 9.17) is 5.11 Å². The Hall–Kier alpha value is -1.91. The fraction of sp³-hybridized carbons (Fsp3) is 0.357. The van der Waals surface area contributed by atoms with Crippen LogP contribution in [-0.4, -0.2) is 36.9 Å². The lowest BCUT2D eigenvalue weighted by atomic mass is 10.0. The zero-order valence-electron chi connectivity index (χ0n) is 11.1. The Bertz CT molecular complexity index is 705. The number of carbonyl (C=O) groups is 1. The van der Waals surface area contributed by atoms with Crippen molar-refractivity contribution in [2.75, 3.05) is 13.1 Å². The highest BCUT2D eigenvalue weighted by molar-refractivity contribution is 7.89. The third-order valence-electron chi connectivity index (χ3n) is 3.20. The molecule has 1 atom stereocenters. The predicted octanol–water partition coefficient (Wildman–Crippen LogP) is 1.31. The van der Waals surface area contributed by atoms with E-state index in [-0.39, 0.29) is 17.4 Å². The van der Waals surface area contributed by atoms with E-state index in [1.807, 2.05) is 5.92 Å². The first-order chi connectivity index (χ1) is 9.89. The van der Waals surface area contributed by atoms with Gasteiger partial charge in [-0.25, -0.2) is 17.6 Å². The van der Waals surface area contributed by atoms with Gasteiger partial charge in [0.05, 0.1) is 4.90 Å². The maximum atomic E-state index is 13.2. The Kier molecular flexibility index (Phi) is 4.60. The van der Waals surface area contributed by atoms with Crippen molar-refractivity contribution in [2.45, 2.75) is 17.7 Å². The van der Waals surface area contributed by atoms with Crippen LogP contribution in [0.4, 0.5) is 4.39 Å². The number of sulfonamides is 1. The second kappa shape index (κ2) is 6.24. The maximum absolute atomic E-state index is 13.2. The fourth-order valence-corrected chi connectivity index (χ4v) is 3.77. The van der Waals surface area contributed by atoms with Gasteiger partial charge < -0.3 is 5.11 Å². The highest BCUT2D eigenvalue weighted by Crippen LogP contribution is 2.23. The summed E-state index contributed by atoms with van der Waals surface area (Å²) in [5.74, 6) is 2.40. The number of carboxylic acid groups (broad SMARTS) is 1. The Labute approximate surface area is 122 Å². The quantitative estimate of drug-likeness (QED) is 0.836. The summed E-state index contributed by atoms with van der Waals surface area (Å²) in [4.78, 5) is 10.3. The smallest absolute Gasteiger partial charge is 0.381 e. The van der Waals surface area contributed by atoms with Gasteiger partial charge in [0.25, 0.3) is 0 Å². The molecule has 0 aliphatic carbocycles. The molecule has 1 aromatic rings. The third kappa shape index (κ3) is 3.80. The number of halogens is 1. The van der Waals surface area contributed by atoms with Gasteiger partial charge in [-0.3, -0.25) is 0 Å². The van der Waals surface area contributed by atoms with Crippen LogP contribution >= 0.6 is 0 Å². The van der Waals surface area contributed by atoms with E-state index >= 15 is 0 Å². The highest BCUT2D eigenvalue weighted by atomic mass is 32.2. The maximum Gasteiger partial charge on any atom is 0.381 e. The van der Waals surface area contributed by atoms with E-state index in [2.05, 4.69) is 5.92 Å². The SMILES string of the molecule is O=C(O)C#CC1CCCN(S(=O)(=O)c2cccc(F)c2)C1. The van der Waals surface area contributed by atoms with E-state index in [0.717, 1.165) is 6.07 Å². The molecule has 0 aromatic heterocycles. The van der Waals surface area contributed by atoms with Crippen LogP contribution in [0.2, 0.25) is 0 Å². The van der Waals surface area contributed by atoms with E-state index < -0.39 is 21.8 Å². The number of carboxylic acids is 1. The van der Waals surface area contributed by atoms with Crippen LogP contribution in [0.25, 0.3) is 0 Å². The summed E-state index contributed by atoms with van der Waals surface area (Å²) in [5, 5.41) is 8.53. The van der Waals surface area contributed by atoms with Crippen molar-refractivity contribution in [2.24, 2.45) is 5.92 Å². The summed E-state index contributed by atoms with van der Waals surface area (Å²) in [6, 6.07) is 4.83. The van der Waals surface area contributed by atoms with E-state index in [9.17, 15) is 17.6 Å². The molecular formula is C14H14FNO4S. The molecule has 0 bridgehead atoms. The Morgan fingerprint density at radius 1 is 1.43 bits per heavy atom. The number of hydrogen-bond donors (Lipinski definition) is 1. The first kappa shape index (κ1) is 15.5. The highest BCUT2D eigenvalue weighted by Gasteiger charge is 2.29. The van der Waals surface area contributed by atoms with Crippen LogP contribution < -0.4 is 0 Å². The number of hydrogen-bond acceptors (Lipinski definition) is 3. The van der Waals surface area contributed by atoms with Crippen LogP contribution in [0.5, 0.6) is 0 Å². The molecule has 0 spiro atoms. The summed E-state index contributed by atoms with van der Waals surface area (Å²) >= 11 is 0. The molecule has 7 heteroatoms. The van der Waals surface area contributed by atoms with Gasteiger partial charge >= 0.3 is 5.97 Å². The van der Waals surface area contributed by atoms with Crippen molar-refractivity contribution in [3.63, 3.8) is 0 Å². The van der Waals surface area contributed by atoms with E-state index in [1.165, 1.54) is 22.5 Å². The Morgan fingerprint density at radius 2 is 2.19 bits per heavy atom. The van der Waals surface area contributed by atoms with Crippen LogP contribution in [0, 0.1) is 23.6 Å². The number of nitrogens with zero attached hydrogens (tertiary/aromatic N) is 1. The molecular weight excluding hydrogens is 297 g/mol. The average molecular weight is 311 g/mol. The Balaban J connectivity index is 2.21. The third-order valence-corrected chi connectivity index (χ3v) is 5.06. The van der Waals surface area contributed by atoms with Crippen LogP contribution in [-0.2, 0) is 14.8 Å². The van der Waals surface area contributed by atoms with Gasteiger partial charge in [0, 0.05) is 24.9 Å². The number of piperidine rings is 1. The summed E-state index contributed by atoms with van der Waals surface area (Å²) in [6.07, 6.45) is 1.24. The fourth-order valence-electron chi connectivity index (χ4n) is 2.22. The first-order valence-electron chi connectivity index (χ1n) is 6.40. The Morgan fingerprint density at radius 3 is 2.86 bits per heavy atom. The molecule has 1 N–H and O–H groups in total. The van der Waals surface area contributed by atoms with Gasteiger partial charge in [0.15, 0.2) is 0 Å². The second-order valence-electron chi connectivity index (χ2n) is 4.73. The zero-order valence-corrected chi connectivity index (χ0v) is 11.9. The summed E-state index contributed by atoms with van der Waals surface area (Å²) in [6.45, 7) is 0.448. The number of benzene rings is 1. The van der Waals surface area contributed by atoms with Crippen LogP contribution in [0.1, 0.15) is 12.8 Å². The molecule has 1 aromatic carbocycles. The summed E-state index contributed by atoms with van der Waals surface area (Å²) < 4.78 is 39.2. The minimum absolute atomic E-state index is 0.102. The minimum atomic E-state index is -3.78. The largest absolute Gasteiger partial charge is 0.472 e. The predicted molar refractivity (Wildman–Crippen MR) is 73.3 cm³/mol. The van der Waals surface area contributed by atoms with Crippen molar-refractivity contribution >= 4 is 16.0 Å². The standard InChI is InChI=1S/C14H14FNO4S/c15-12-4-1-5-13(9-12)21(19,20)16-8-2-3-11(10-16)6-7-14(17)18/h1,4-5,9,11H,2-3,8,10H2,(H,17,18). The molecule has 1 heterocycles. The number of aliphatic carboxylic acids is 1. The van der Waals surface area contributed by atoms with Gasteiger partial charge in [-0.2, -0.15) is 4.31 Å². The van der Waals surface area contributed by atoms with Gasteiger partial charge in [0.2, 0.25) is 10.0 Å². The van der Waals surface area contributed by atoms with Gasteiger partial charge in [0.1, 0.15) is 5.82 Å². The van der Waals surface area contributed by atoms with Crippen molar-refractivity contribution in [3.05, 3.63) is 30.1 Å². The van der Waals surface area contributed by atoms with Crippen LogP contribution in [0.15, 0.2) is 29.2 Å². The van der Waals surface area contributed by atoms with Crippen LogP contribution in [0.3, 0.4) is 0 Å².